The van der Waals surface area contributed by atoms with Gasteiger partial charge < -0.3 is 15.0 Å². The number of nitrogens with one attached hydrogen (secondary N) is 1. The molecule has 14 heavy (non-hydrogen) atoms. The van der Waals surface area contributed by atoms with Crippen molar-refractivity contribution in [1.29, 1.82) is 0 Å². The third-order valence-corrected chi connectivity index (χ3v) is 3.20. The summed E-state index contributed by atoms with van der Waals surface area (Å²) in [4.78, 5) is 13.0. The van der Waals surface area contributed by atoms with E-state index in [0.717, 1.165) is 19.5 Å². The monoisotopic (exact) mass is 198 g/mol. The lowest BCUT2D eigenvalue weighted by Gasteiger charge is -2.29. The van der Waals surface area contributed by atoms with Crippen LogP contribution < -0.4 is 5.32 Å². The number of rotatable bonds is 2. The van der Waals surface area contributed by atoms with Crippen LogP contribution in [0.2, 0.25) is 0 Å². The molecule has 0 aromatic heterocycles. The highest BCUT2D eigenvalue weighted by molar-refractivity contribution is 5.67. The maximum atomic E-state index is 11.2. The van der Waals surface area contributed by atoms with E-state index < -0.39 is 0 Å². The predicted molar refractivity (Wildman–Crippen MR) is 53.2 cm³/mol. The third kappa shape index (κ3) is 2.00. The Labute approximate surface area is 84.6 Å². The summed E-state index contributed by atoms with van der Waals surface area (Å²) < 4.78 is 4.69. The molecule has 2 aliphatic rings. The molecule has 1 N–H and O–H groups in total. The fourth-order valence-electron chi connectivity index (χ4n) is 2.10. The molecule has 1 saturated heterocycles. The van der Waals surface area contributed by atoms with Gasteiger partial charge in [0.15, 0.2) is 0 Å². The SMILES string of the molecule is COC(=O)N1CCC(NC2CCC2)C1. The van der Waals surface area contributed by atoms with Crippen LogP contribution in [-0.4, -0.2) is 43.3 Å². The zero-order chi connectivity index (χ0) is 9.97. The number of hydrogen-bond donors (Lipinski definition) is 1. The Hall–Kier alpha value is -0.770. The van der Waals surface area contributed by atoms with E-state index >= 15 is 0 Å². The number of carbonyl (C=O) groups is 1. The standard InChI is InChI=1S/C10H18N2O2/c1-14-10(13)12-6-5-9(7-12)11-8-3-2-4-8/h8-9,11H,2-7H2,1H3. The lowest BCUT2D eigenvalue weighted by atomic mass is 9.92. The Balaban J connectivity index is 1.73. The van der Waals surface area contributed by atoms with E-state index in [1.807, 2.05) is 0 Å². The van der Waals surface area contributed by atoms with Crippen molar-refractivity contribution in [2.24, 2.45) is 0 Å². The molecular weight excluding hydrogens is 180 g/mol. The Morgan fingerprint density at radius 3 is 2.71 bits per heavy atom. The molecule has 0 aromatic rings. The quantitative estimate of drug-likeness (QED) is 0.719. The molecular formula is C10H18N2O2. The molecule has 80 valence electrons. The van der Waals surface area contributed by atoms with Gasteiger partial charge in [0.2, 0.25) is 0 Å². The van der Waals surface area contributed by atoms with Crippen LogP contribution >= 0.6 is 0 Å². The number of amides is 1. The predicted octanol–water partition coefficient (Wildman–Crippen LogP) is 0.969. The van der Waals surface area contributed by atoms with Crippen LogP contribution in [0.25, 0.3) is 0 Å². The van der Waals surface area contributed by atoms with E-state index in [9.17, 15) is 4.79 Å². The van der Waals surface area contributed by atoms with Crippen molar-refractivity contribution in [2.45, 2.75) is 37.8 Å². The summed E-state index contributed by atoms with van der Waals surface area (Å²) in [5.41, 5.74) is 0. The van der Waals surface area contributed by atoms with Crippen molar-refractivity contribution in [3.63, 3.8) is 0 Å². The molecule has 2 rings (SSSR count). The van der Waals surface area contributed by atoms with Crippen LogP contribution in [-0.2, 0) is 4.74 Å². The molecule has 1 heterocycles. The first-order chi connectivity index (χ1) is 6.79. The molecule has 1 aliphatic heterocycles. The largest absolute Gasteiger partial charge is 0.453 e. The van der Waals surface area contributed by atoms with Gasteiger partial charge in [0.25, 0.3) is 0 Å². The molecule has 1 aliphatic carbocycles. The summed E-state index contributed by atoms with van der Waals surface area (Å²) in [6.45, 7) is 1.64. The van der Waals surface area contributed by atoms with E-state index in [2.05, 4.69) is 10.1 Å². The highest BCUT2D eigenvalue weighted by Crippen LogP contribution is 2.21. The maximum absolute atomic E-state index is 11.2. The highest BCUT2D eigenvalue weighted by atomic mass is 16.5. The minimum absolute atomic E-state index is 0.192. The topological polar surface area (TPSA) is 41.6 Å². The second-order valence-electron chi connectivity index (χ2n) is 4.20. The number of ether oxygens (including phenoxy) is 1. The molecule has 1 unspecified atom stereocenters. The lowest BCUT2D eigenvalue weighted by molar-refractivity contribution is 0.131. The minimum Gasteiger partial charge on any atom is -0.453 e. The van der Waals surface area contributed by atoms with Gasteiger partial charge in [-0.15, -0.1) is 0 Å². The van der Waals surface area contributed by atoms with Crippen LogP contribution in [0.1, 0.15) is 25.7 Å². The average molecular weight is 198 g/mol. The number of carbonyl (C=O) groups excluding carboxylic acids is 1. The maximum Gasteiger partial charge on any atom is 0.409 e. The summed E-state index contributed by atoms with van der Waals surface area (Å²) in [7, 11) is 1.44. The second kappa shape index (κ2) is 4.17. The smallest absolute Gasteiger partial charge is 0.409 e. The third-order valence-electron chi connectivity index (χ3n) is 3.20. The number of methoxy groups -OCH3 is 1. The molecule has 0 spiro atoms. The van der Waals surface area contributed by atoms with Crippen LogP contribution in [0, 0.1) is 0 Å². The van der Waals surface area contributed by atoms with Crippen molar-refractivity contribution in [1.82, 2.24) is 10.2 Å². The average Bonchev–Trinajstić information content (AvgIpc) is 2.58. The Bertz CT molecular complexity index is 216. The van der Waals surface area contributed by atoms with Crippen molar-refractivity contribution >= 4 is 6.09 Å². The van der Waals surface area contributed by atoms with Crippen molar-refractivity contribution in [2.75, 3.05) is 20.2 Å². The first-order valence-electron chi connectivity index (χ1n) is 5.38. The molecule has 4 heteroatoms. The van der Waals surface area contributed by atoms with Crippen LogP contribution in [0.3, 0.4) is 0 Å². The van der Waals surface area contributed by atoms with Gasteiger partial charge in [-0.05, 0) is 19.3 Å². The summed E-state index contributed by atoms with van der Waals surface area (Å²) in [5, 5.41) is 3.57. The van der Waals surface area contributed by atoms with E-state index in [4.69, 9.17) is 0 Å². The van der Waals surface area contributed by atoms with Gasteiger partial charge in [0.05, 0.1) is 7.11 Å². The molecule has 1 amide bonds. The normalized spacial score (nSPS) is 27.5. The first-order valence-corrected chi connectivity index (χ1v) is 5.38. The summed E-state index contributed by atoms with van der Waals surface area (Å²) in [6, 6.07) is 1.19. The van der Waals surface area contributed by atoms with Crippen LogP contribution in [0.4, 0.5) is 4.79 Å². The van der Waals surface area contributed by atoms with Gasteiger partial charge in [-0.3, -0.25) is 0 Å². The lowest BCUT2D eigenvalue weighted by Crippen LogP contribution is -2.44. The Morgan fingerprint density at radius 2 is 2.14 bits per heavy atom. The van der Waals surface area contributed by atoms with E-state index in [0.29, 0.717) is 12.1 Å². The summed E-state index contributed by atoms with van der Waals surface area (Å²) in [5.74, 6) is 0. The number of hydrogen-bond acceptors (Lipinski definition) is 3. The van der Waals surface area contributed by atoms with E-state index in [1.165, 1.54) is 26.4 Å². The fraction of sp³-hybridized carbons (Fsp3) is 0.900. The summed E-state index contributed by atoms with van der Waals surface area (Å²) in [6.07, 6.45) is 4.82. The molecule has 4 nitrogen and oxygen atoms in total. The van der Waals surface area contributed by atoms with Gasteiger partial charge in [-0.25, -0.2) is 4.79 Å². The van der Waals surface area contributed by atoms with Gasteiger partial charge in [0, 0.05) is 25.2 Å². The zero-order valence-corrected chi connectivity index (χ0v) is 8.66. The van der Waals surface area contributed by atoms with Gasteiger partial charge >= 0.3 is 6.09 Å². The minimum atomic E-state index is -0.192. The van der Waals surface area contributed by atoms with Gasteiger partial charge in [0.1, 0.15) is 0 Å². The zero-order valence-electron chi connectivity index (χ0n) is 8.66. The van der Waals surface area contributed by atoms with Gasteiger partial charge in [-0.2, -0.15) is 0 Å². The van der Waals surface area contributed by atoms with Crippen molar-refractivity contribution < 1.29 is 9.53 Å². The molecule has 0 radical (unpaired) electrons. The Morgan fingerprint density at radius 1 is 1.36 bits per heavy atom. The Kier molecular flexibility index (Phi) is 2.91. The number of nitrogens with zero attached hydrogens (tertiary/aromatic N) is 1. The van der Waals surface area contributed by atoms with Crippen molar-refractivity contribution in [3.8, 4) is 0 Å². The molecule has 1 atom stereocenters. The van der Waals surface area contributed by atoms with Crippen LogP contribution in [0.5, 0.6) is 0 Å². The van der Waals surface area contributed by atoms with Gasteiger partial charge in [-0.1, -0.05) is 6.42 Å². The van der Waals surface area contributed by atoms with E-state index in [1.54, 1.807) is 4.90 Å². The molecule has 0 bridgehead atoms. The molecule has 0 aromatic carbocycles. The van der Waals surface area contributed by atoms with Crippen LogP contribution in [0.15, 0.2) is 0 Å². The first kappa shape index (κ1) is 9.77. The molecule has 2 fully saturated rings. The molecule has 1 saturated carbocycles. The van der Waals surface area contributed by atoms with Crippen molar-refractivity contribution in [3.05, 3.63) is 0 Å². The number of likely N-dealkylation sites (tertiary alicyclic amines) is 1. The highest BCUT2D eigenvalue weighted by Gasteiger charge is 2.29. The second-order valence-corrected chi connectivity index (χ2v) is 4.20. The summed E-state index contributed by atoms with van der Waals surface area (Å²) >= 11 is 0. The van der Waals surface area contributed by atoms with E-state index in [-0.39, 0.29) is 6.09 Å². The fourth-order valence-corrected chi connectivity index (χ4v) is 2.10.